The second kappa shape index (κ2) is 7.92. The predicted molar refractivity (Wildman–Crippen MR) is 106 cm³/mol. The minimum Gasteiger partial charge on any atom is -0.508 e. The first-order valence-electron chi connectivity index (χ1n) is 9.41. The van der Waals surface area contributed by atoms with Crippen LogP contribution in [0.5, 0.6) is 17.2 Å². The Balaban J connectivity index is 1.81. The number of amides is 1. The molecule has 1 amide bonds. The molecule has 0 unspecified atom stereocenters. The van der Waals surface area contributed by atoms with Gasteiger partial charge in [-0.2, -0.15) is 0 Å². The molecule has 0 aliphatic heterocycles. The number of ether oxygens (including phenoxy) is 2. The lowest BCUT2D eigenvalue weighted by molar-refractivity contribution is -0.155. The Morgan fingerprint density at radius 1 is 1.07 bits per heavy atom. The first-order valence-corrected chi connectivity index (χ1v) is 9.41. The minimum absolute atomic E-state index is 0.319. The molecule has 0 heterocycles. The summed E-state index contributed by atoms with van der Waals surface area (Å²) in [5, 5.41) is 12.6. The smallest absolute Gasteiger partial charge is 0.397 e. The van der Waals surface area contributed by atoms with Crippen LogP contribution < -0.4 is 10.1 Å². The van der Waals surface area contributed by atoms with Crippen molar-refractivity contribution in [3.8, 4) is 17.2 Å². The van der Waals surface area contributed by atoms with E-state index >= 15 is 0 Å². The van der Waals surface area contributed by atoms with Crippen LogP contribution in [-0.2, 0) is 27.2 Å². The molecule has 0 radical (unpaired) electrons. The van der Waals surface area contributed by atoms with E-state index in [4.69, 9.17) is 9.47 Å². The summed E-state index contributed by atoms with van der Waals surface area (Å²) < 4.78 is 11.1. The molecule has 6 nitrogen and oxygen atoms in total. The fourth-order valence-electron chi connectivity index (χ4n) is 3.49. The topological polar surface area (TPSA) is 84.9 Å². The van der Waals surface area contributed by atoms with Crippen LogP contribution in [0.4, 0.5) is 5.69 Å². The van der Waals surface area contributed by atoms with Crippen molar-refractivity contribution in [1.82, 2.24) is 0 Å². The number of carbonyl (C=O) groups excluding carboxylic acids is 2. The molecule has 6 heteroatoms. The van der Waals surface area contributed by atoms with E-state index in [0.29, 0.717) is 17.2 Å². The van der Waals surface area contributed by atoms with Gasteiger partial charge in [0.2, 0.25) is 0 Å². The Morgan fingerprint density at radius 3 is 2.36 bits per heavy atom. The van der Waals surface area contributed by atoms with E-state index in [2.05, 4.69) is 5.32 Å². The SMILES string of the molecule is Cc1cc(NC(=O)C(=O)OC(C)C)cc(C)c1Oc1ccc(O)c2c1CCC2. The Bertz CT molecular complexity index is 910. The quantitative estimate of drug-likeness (QED) is 0.611. The van der Waals surface area contributed by atoms with Crippen molar-refractivity contribution in [3.05, 3.63) is 46.5 Å². The maximum atomic E-state index is 12.0. The zero-order chi connectivity index (χ0) is 20.4. The lowest BCUT2D eigenvalue weighted by Gasteiger charge is -2.17. The van der Waals surface area contributed by atoms with Gasteiger partial charge in [-0.1, -0.05) is 0 Å². The van der Waals surface area contributed by atoms with Gasteiger partial charge in [-0.25, -0.2) is 4.79 Å². The van der Waals surface area contributed by atoms with Crippen molar-refractivity contribution in [2.75, 3.05) is 5.32 Å². The molecule has 1 aliphatic carbocycles. The van der Waals surface area contributed by atoms with Gasteiger partial charge in [-0.05, 0) is 82.3 Å². The molecular weight excluding hydrogens is 358 g/mol. The minimum atomic E-state index is -0.912. The fraction of sp³-hybridized carbons (Fsp3) is 0.364. The highest BCUT2D eigenvalue weighted by atomic mass is 16.5. The van der Waals surface area contributed by atoms with Gasteiger partial charge in [0.25, 0.3) is 0 Å². The first kappa shape index (κ1) is 19.7. The second-order valence-corrected chi connectivity index (χ2v) is 7.34. The van der Waals surface area contributed by atoms with Crippen molar-refractivity contribution >= 4 is 17.6 Å². The molecule has 2 aromatic carbocycles. The molecule has 0 fully saturated rings. The summed E-state index contributed by atoms with van der Waals surface area (Å²) in [6.07, 6.45) is 2.37. The number of esters is 1. The summed E-state index contributed by atoms with van der Waals surface area (Å²) >= 11 is 0. The summed E-state index contributed by atoms with van der Waals surface area (Å²) in [7, 11) is 0. The van der Waals surface area contributed by atoms with Gasteiger partial charge in [0.05, 0.1) is 6.10 Å². The molecule has 0 saturated carbocycles. The number of nitrogens with one attached hydrogen (secondary N) is 1. The van der Waals surface area contributed by atoms with Crippen LogP contribution in [-0.4, -0.2) is 23.1 Å². The number of phenols is 1. The Morgan fingerprint density at radius 2 is 1.71 bits per heavy atom. The summed E-state index contributed by atoms with van der Waals surface area (Å²) in [5.41, 5.74) is 4.16. The zero-order valence-electron chi connectivity index (χ0n) is 16.6. The number of benzene rings is 2. The van der Waals surface area contributed by atoms with E-state index in [-0.39, 0.29) is 6.10 Å². The van der Waals surface area contributed by atoms with Crippen LogP contribution in [0.2, 0.25) is 0 Å². The molecule has 0 saturated heterocycles. The van der Waals surface area contributed by atoms with Crippen LogP contribution >= 0.6 is 0 Å². The number of carbonyl (C=O) groups is 2. The van der Waals surface area contributed by atoms with Gasteiger partial charge in [0, 0.05) is 16.8 Å². The summed E-state index contributed by atoms with van der Waals surface area (Å²) in [5.74, 6) is 0.0405. The summed E-state index contributed by atoms with van der Waals surface area (Å²) in [6, 6.07) is 6.96. The van der Waals surface area contributed by atoms with Gasteiger partial charge in [0.15, 0.2) is 0 Å². The van der Waals surface area contributed by atoms with Crippen molar-refractivity contribution in [1.29, 1.82) is 0 Å². The van der Waals surface area contributed by atoms with Crippen molar-refractivity contribution in [2.45, 2.75) is 53.1 Å². The van der Waals surface area contributed by atoms with Crippen LogP contribution in [0.25, 0.3) is 0 Å². The number of aryl methyl sites for hydroxylation is 2. The largest absolute Gasteiger partial charge is 0.508 e. The van der Waals surface area contributed by atoms with Crippen LogP contribution in [0.3, 0.4) is 0 Å². The number of hydrogen-bond acceptors (Lipinski definition) is 5. The van der Waals surface area contributed by atoms with E-state index in [9.17, 15) is 14.7 Å². The number of aromatic hydroxyl groups is 1. The number of rotatable bonds is 4. The van der Waals surface area contributed by atoms with Gasteiger partial charge in [-0.15, -0.1) is 0 Å². The summed E-state index contributed by atoms with van der Waals surface area (Å²) in [4.78, 5) is 23.7. The highest BCUT2D eigenvalue weighted by Crippen LogP contribution is 2.40. The molecule has 0 bridgehead atoms. The normalized spacial score (nSPS) is 12.6. The number of anilines is 1. The van der Waals surface area contributed by atoms with Crippen molar-refractivity contribution < 1.29 is 24.2 Å². The number of phenolic OH excluding ortho intramolecular Hbond substituents is 1. The van der Waals surface area contributed by atoms with E-state index in [1.54, 1.807) is 38.1 Å². The second-order valence-electron chi connectivity index (χ2n) is 7.34. The Hall–Kier alpha value is -3.02. The maximum Gasteiger partial charge on any atom is 0.397 e. The van der Waals surface area contributed by atoms with Gasteiger partial charge >= 0.3 is 11.9 Å². The summed E-state index contributed by atoms with van der Waals surface area (Å²) in [6.45, 7) is 7.13. The van der Waals surface area contributed by atoms with Gasteiger partial charge < -0.3 is 19.9 Å². The molecule has 1 aliphatic rings. The highest BCUT2D eigenvalue weighted by molar-refractivity contribution is 6.37. The van der Waals surface area contributed by atoms with Crippen molar-refractivity contribution in [2.24, 2.45) is 0 Å². The molecule has 2 N–H and O–H groups in total. The standard InChI is InChI=1S/C22H25NO5/c1-12(2)27-22(26)21(25)23-15-10-13(3)20(14(4)11-15)28-19-9-8-18(24)16-6-5-7-17(16)19/h8-12,24H,5-7H2,1-4H3,(H,23,25). The van der Waals surface area contributed by atoms with E-state index in [1.807, 2.05) is 13.8 Å². The van der Waals surface area contributed by atoms with Gasteiger partial charge in [0.1, 0.15) is 17.2 Å². The van der Waals surface area contributed by atoms with Crippen LogP contribution in [0, 0.1) is 13.8 Å². The maximum absolute atomic E-state index is 12.0. The molecular formula is C22H25NO5. The van der Waals surface area contributed by atoms with E-state index in [1.165, 1.54) is 0 Å². The molecule has 0 atom stereocenters. The molecule has 148 valence electrons. The monoisotopic (exact) mass is 383 g/mol. The average Bonchev–Trinajstić information content (AvgIpc) is 3.10. The van der Waals surface area contributed by atoms with Crippen molar-refractivity contribution in [3.63, 3.8) is 0 Å². The lowest BCUT2D eigenvalue weighted by Crippen LogP contribution is -2.27. The van der Waals surface area contributed by atoms with E-state index in [0.717, 1.165) is 47.3 Å². The molecule has 2 aromatic rings. The Kier molecular flexibility index (Phi) is 5.58. The number of fused-ring (bicyclic) bond motifs is 1. The third kappa shape index (κ3) is 4.11. The van der Waals surface area contributed by atoms with E-state index < -0.39 is 11.9 Å². The molecule has 0 aromatic heterocycles. The lowest BCUT2D eigenvalue weighted by atomic mass is 10.1. The first-order chi connectivity index (χ1) is 13.3. The van der Waals surface area contributed by atoms with Gasteiger partial charge in [-0.3, -0.25) is 4.79 Å². The molecule has 0 spiro atoms. The third-order valence-corrected chi connectivity index (χ3v) is 4.68. The molecule has 3 rings (SSSR count). The molecule has 28 heavy (non-hydrogen) atoms. The average molecular weight is 383 g/mol. The predicted octanol–water partition coefficient (Wildman–Crippen LogP) is 4.18. The zero-order valence-corrected chi connectivity index (χ0v) is 16.6. The highest BCUT2D eigenvalue weighted by Gasteiger charge is 2.21. The van der Waals surface area contributed by atoms with Crippen LogP contribution in [0.1, 0.15) is 42.5 Å². The number of hydrogen-bond donors (Lipinski definition) is 2. The van der Waals surface area contributed by atoms with Crippen LogP contribution in [0.15, 0.2) is 24.3 Å². The third-order valence-electron chi connectivity index (χ3n) is 4.68. The Labute approximate surface area is 164 Å². The fourth-order valence-corrected chi connectivity index (χ4v) is 3.49.